The normalized spacial score (nSPS) is 17.2. The number of hydrogen-bond acceptors (Lipinski definition) is 5. The molecule has 3 aromatic rings. The number of aromatic amines is 1. The largest absolute Gasteiger partial charge is 0.300 e. The van der Waals surface area contributed by atoms with Gasteiger partial charge in [-0.1, -0.05) is 30.0 Å². The van der Waals surface area contributed by atoms with Gasteiger partial charge in [0.2, 0.25) is 0 Å². The molecule has 0 bridgehead atoms. The summed E-state index contributed by atoms with van der Waals surface area (Å²) in [7, 11) is 0. The van der Waals surface area contributed by atoms with Crippen molar-refractivity contribution in [1.29, 1.82) is 0 Å². The molecule has 7 heteroatoms. The summed E-state index contributed by atoms with van der Waals surface area (Å²) >= 11 is 3.46. The predicted molar refractivity (Wildman–Crippen MR) is 85.1 cm³/mol. The molecular formula is C14H12N4OS2. The number of benzene rings is 1. The number of hydrogen-bond donors (Lipinski definition) is 1. The second-order valence-electron chi connectivity index (χ2n) is 4.79. The highest BCUT2D eigenvalue weighted by atomic mass is 32.2. The number of fused-ring (bicyclic) bond motifs is 3. The number of rotatable bonds is 3. The van der Waals surface area contributed by atoms with Gasteiger partial charge in [-0.05, 0) is 12.1 Å². The molecule has 1 aliphatic rings. The number of thioether (sulfide) groups is 2. The van der Waals surface area contributed by atoms with Crippen LogP contribution >= 0.6 is 23.5 Å². The van der Waals surface area contributed by atoms with Gasteiger partial charge in [0.1, 0.15) is 11.0 Å². The lowest BCUT2D eigenvalue weighted by atomic mass is 10.3. The maximum atomic E-state index is 11.9. The van der Waals surface area contributed by atoms with Crippen LogP contribution < -0.4 is 5.56 Å². The molecule has 0 saturated heterocycles. The molecule has 1 atom stereocenters. The van der Waals surface area contributed by atoms with E-state index >= 15 is 0 Å². The minimum atomic E-state index is -0.200. The average Bonchev–Trinajstić information content (AvgIpc) is 3.12. The first-order valence-electron chi connectivity index (χ1n) is 6.59. The molecule has 0 amide bonds. The Morgan fingerprint density at radius 1 is 1.38 bits per heavy atom. The van der Waals surface area contributed by atoms with Crippen molar-refractivity contribution >= 4 is 34.6 Å². The smallest absolute Gasteiger partial charge is 0.284 e. The molecule has 0 saturated carbocycles. The van der Waals surface area contributed by atoms with E-state index in [-0.39, 0.29) is 5.56 Å². The molecule has 5 nitrogen and oxygen atoms in total. The Morgan fingerprint density at radius 3 is 3.10 bits per heavy atom. The fourth-order valence-electron chi connectivity index (χ4n) is 2.43. The first-order valence-corrected chi connectivity index (χ1v) is 8.56. The van der Waals surface area contributed by atoms with Crippen molar-refractivity contribution in [3.63, 3.8) is 0 Å². The summed E-state index contributed by atoms with van der Waals surface area (Å²) in [6.45, 7) is 0. The topological polar surface area (TPSA) is 63.6 Å². The van der Waals surface area contributed by atoms with Crippen molar-refractivity contribution < 1.29 is 0 Å². The van der Waals surface area contributed by atoms with Gasteiger partial charge in [-0.15, -0.1) is 11.8 Å². The van der Waals surface area contributed by atoms with Gasteiger partial charge in [0.15, 0.2) is 5.16 Å². The molecule has 1 N–H and O–H groups in total. The van der Waals surface area contributed by atoms with Crippen LogP contribution in [0.4, 0.5) is 0 Å². The molecule has 1 unspecified atom stereocenters. The molecule has 106 valence electrons. The molecule has 0 radical (unpaired) electrons. The molecule has 21 heavy (non-hydrogen) atoms. The second kappa shape index (κ2) is 5.23. The Morgan fingerprint density at radius 2 is 2.24 bits per heavy atom. The van der Waals surface area contributed by atoms with Crippen molar-refractivity contribution in [3.8, 4) is 0 Å². The Hall–Kier alpha value is -1.73. The van der Waals surface area contributed by atoms with Crippen molar-refractivity contribution in [3.05, 3.63) is 46.9 Å². The Bertz CT molecular complexity index is 843. The molecule has 1 aromatic carbocycles. The highest BCUT2D eigenvalue weighted by Gasteiger charge is 2.26. The quantitative estimate of drug-likeness (QED) is 0.594. The Balaban J connectivity index is 1.67. The van der Waals surface area contributed by atoms with Crippen LogP contribution in [0.15, 0.2) is 51.4 Å². The zero-order chi connectivity index (χ0) is 14.2. The van der Waals surface area contributed by atoms with Gasteiger partial charge in [0.05, 0.1) is 12.2 Å². The molecule has 0 fully saturated rings. The van der Waals surface area contributed by atoms with Crippen LogP contribution in [0.5, 0.6) is 0 Å². The maximum absolute atomic E-state index is 11.9. The van der Waals surface area contributed by atoms with E-state index < -0.39 is 0 Å². The average molecular weight is 316 g/mol. The van der Waals surface area contributed by atoms with E-state index in [1.165, 1.54) is 4.90 Å². The van der Waals surface area contributed by atoms with Crippen LogP contribution in [0.25, 0.3) is 11.0 Å². The van der Waals surface area contributed by atoms with Crippen LogP contribution in [0, 0.1) is 0 Å². The van der Waals surface area contributed by atoms with E-state index in [9.17, 15) is 4.79 Å². The van der Waals surface area contributed by atoms with E-state index in [1.54, 1.807) is 18.0 Å². The van der Waals surface area contributed by atoms with Crippen LogP contribution in [-0.2, 0) is 0 Å². The lowest BCUT2D eigenvalue weighted by Gasteiger charge is -2.14. The fourth-order valence-corrected chi connectivity index (χ4v) is 4.72. The van der Waals surface area contributed by atoms with Gasteiger partial charge in [0, 0.05) is 16.4 Å². The summed E-state index contributed by atoms with van der Waals surface area (Å²) in [6, 6.07) is 10.7. The van der Waals surface area contributed by atoms with Gasteiger partial charge < -0.3 is 4.57 Å². The third kappa shape index (κ3) is 2.26. The number of H-pyrrole nitrogens is 1. The monoisotopic (exact) mass is 316 g/mol. The van der Waals surface area contributed by atoms with Crippen molar-refractivity contribution in [2.45, 2.75) is 16.1 Å². The molecule has 2 aromatic heterocycles. The minimum Gasteiger partial charge on any atom is -0.300 e. The lowest BCUT2D eigenvalue weighted by Crippen LogP contribution is -2.17. The standard InChI is InChI=1S/C14H12N4OS2/c19-13-11-6-15-17-12(11)18-9(8-21-14(18)16-13)7-20-10-4-2-1-3-5-10/h1-6,9H,7-8H2,(H,15,17). The summed E-state index contributed by atoms with van der Waals surface area (Å²) in [5, 5.41) is 8.28. The van der Waals surface area contributed by atoms with Gasteiger partial charge >= 0.3 is 0 Å². The maximum Gasteiger partial charge on any atom is 0.284 e. The van der Waals surface area contributed by atoms with Gasteiger partial charge in [-0.3, -0.25) is 9.89 Å². The van der Waals surface area contributed by atoms with E-state index in [1.807, 2.05) is 30.0 Å². The fraction of sp³-hybridized carbons (Fsp3) is 0.214. The lowest BCUT2D eigenvalue weighted by molar-refractivity contribution is 0.585. The van der Waals surface area contributed by atoms with E-state index in [2.05, 4.69) is 31.9 Å². The van der Waals surface area contributed by atoms with Crippen LogP contribution in [0.3, 0.4) is 0 Å². The minimum absolute atomic E-state index is 0.200. The van der Waals surface area contributed by atoms with Crippen LogP contribution in [0.1, 0.15) is 6.04 Å². The zero-order valence-corrected chi connectivity index (χ0v) is 12.7. The highest BCUT2D eigenvalue weighted by Crippen LogP contribution is 2.36. The van der Waals surface area contributed by atoms with Gasteiger partial charge in [0.25, 0.3) is 5.56 Å². The Labute approximate surface area is 129 Å². The van der Waals surface area contributed by atoms with Gasteiger partial charge in [-0.2, -0.15) is 10.1 Å². The summed E-state index contributed by atoms with van der Waals surface area (Å²) in [5.41, 5.74) is 0.586. The number of nitrogens with zero attached hydrogens (tertiary/aromatic N) is 3. The summed E-state index contributed by atoms with van der Waals surface area (Å²) < 4.78 is 2.12. The number of aromatic nitrogens is 4. The molecule has 3 heterocycles. The van der Waals surface area contributed by atoms with Crippen LogP contribution in [0.2, 0.25) is 0 Å². The SMILES string of the molecule is O=c1nc2n(c3[nH]ncc13)C(CSc1ccccc1)CS2. The molecule has 0 spiro atoms. The van der Waals surface area contributed by atoms with Crippen molar-refractivity contribution in [1.82, 2.24) is 19.7 Å². The third-order valence-electron chi connectivity index (χ3n) is 3.45. The predicted octanol–water partition coefficient (Wildman–Crippen LogP) is 2.56. The number of nitrogens with one attached hydrogen (secondary N) is 1. The summed E-state index contributed by atoms with van der Waals surface area (Å²) in [6.07, 6.45) is 1.56. The summed E-state index contributed by atoms with van der Waals surface area (Å²) in [4.78, 5) is 17.3. The van der Waals surface area contributed by atoms with Crippen LogP contribution in [-0.4, -0.2) is 31.3 Å². The second-order valence-corrected chi connectivity index (χ2v) is 6.87. The van der Waals surface area contributed by atoms with E-state index in [0.29, 0.717) is 11.4 Å². The molecule has 4 rings (SSSR count). The van der Waals surface area contributed by atoms with E-state index in [0.717, 1.165) is 22.3 Å². The molecular weight excluding hydrogens is 304 g/mol. The molecule has 0 aliphatic carbocycles. The summed E-state index contributed by atoms with van der Waals surface area (Å²) in [5.74, 6) is 1.88. The van der Waals surface area contributed by atoms with E-state index in [4.69, 9.17) is 0 Å². The first-order chi connectivity index (χ1) is 10.3. The first kappa shape index (κ1) is 13.0. The highest BCUT2D eigenvalue weighted by molar-refractivity contribution is 8.00. The van der Waals surface area contributed by atoms with Crippen molar-refractivity contribution in [2.75, 3.05) is 11.5 Å². The van der Waals surface area contributed by atoms with Crippen molar-refractivity contribution in [2.24, 2.45) is 0 Å². The third-order valence-corrected chi connectivity index (χ3v) is 5.70. The molecule has 1 aliphatic heterocycles. The Kier molecular flexibility index (Phi) is 3.23. The zero-order valence-electron chi connectivity index (χ0n) is 11.0. The van der Waals surface area contributed by atoms with Gasteiger partial charge in [-0.25, -0.2) is 0 Å².